The molecule has 1 aromatic carbocycles. The van der Waals surface area contributed by atoms with E-state index < -0.39 is 11.6 Å². The van der Waals surface area contributed by atoms with E-state index in [2.05, 4.69) is 0 Å². The first-order valence-electron chi connectivity index (χ1n) is 4.44. The summed E-state index contributed by atoms with van der Waals surface area (Å²) in [4.78, 5) is 0. The van der Waals surface area contributed by atoms with Gasteiger partial charge in [-0.2, -0.15) is 0 Å². The molecule has 14 heavy (non-hydrogen) atoms. The number of rotatable bonds is 2. The van der Waals surface area contributed by atoms with Gasteiger partial charge in [0, 0.05) is 17.0 Å². The van der Waals surface area contributed by atoms with Crippen molar-refractivity contribution in [2.75, 3.05) is 6.54 Å². The van der Waals surface area contributed by atoms with Crippen LogP contribution in [0.15, 0.2) is 12.1 Å². The molecule has 0 radical (unpaired) electrons. The molecule has 0 saturated heterocycles. The highest BCUT2D eigenvalue weighted by molar-refractivity contribution is 6.31. The molecule has 0 atom stereocenters. The van der Waals surface area contributed by atoms with Gasteiger partial charge < -0.3 is 5.73 Å². The van der Waals surface area contributed by atoms with Gasteiger partial charge in [-0.3, -0.25) is 0 Å². The van der Waals surface area contributed by atoms with E-state index in [1.165, 1.54) is 0 Å². The largest absolute Gasteiger partial charge is 0.330 e. The van der Waals surface area contributed by atoms with Gasteiger partial charge in [0.2, 0.25) is 0 Å². The number of nitrogens with two attached hydrogens (primary N) is 1. The van der Waals surface area contributed by atoms with Crippen molar-refractivity contribution in [2.24, 2.45) is 5.73 Å². The van der Waals surface area contributed by atoms with E-state index in [1.807, 2.05) is 0 Å². The monoisotopic (exact) mass is 217 g/mol. The van der Waals surface area contributed by atoms with Crippen LogP contribution in [0.2, 0.25) is 5.02 Å². The summed E-state index contributed by atoms with van der Waals surface area (Å²) in [5, 5.41) is 0.270. The molecule has 0 bridgehead atoms. The van der Waals surface area contributed by atoms with Crippen molar-refractivity contribution in [1.82, 2.24) is 0 Å². The highest BCUT2D eigenvalue weighted by atomic mass is 35.5. The smallest absolute Gasteiger partial charge is 0.160 e. The lowest BCUT2D eigenvalue weighted by molar-refractivity contribution is 0.504. The number of benzene rings is 1. The van der Waals surface area contributed by atoms with E-state index in [-0.39, 0.29) is 10.4 Å². The molecule has 1 aromatic rings. The number of hydrogen-bond acceptors (Lipinski definition) is 1. The molecule has 4 heteroatoms. The molecular formula is C10H10ClF2N. The molecule has 2 N–H and O–H groups in total. The molecule has 1 aliphatic rings. The maximum Gasteiger partial charge on any atom is 0.160 e. The summed E-state index contributed by atoms with van der Waals surface area (Å²) in [6.07, 6.45) is 1.79. The third kappa shape index (κ3) is 1.41. The number of halogens is 3. The van der Waals surface area contributed by atoms with Crippen molar-refractivity contribution in [3.8, 4) is 0 Å². The Morgan fingerprint density at radius 3 is 2.36 bits per heavy atom. The molecule has 0 heterocycles. The average molecular weight is 218 g/mol. The first-order chi connectivity index (χ1) is 6.59. The van der Waals surface area contributed by atoms with E-state index >= 15 is 0 Å². The summed E-state index contributed by atoms with van der Waals surface area (Å²) in [5.41, 5.74) is 6.02. The minimum absolute atomic E-state index is 0.203. The number of hydrogen-bond donors (Lipinski definition) is 1. The minimum atomic E-state index is -0.911. The highest BCUT2D eigenvalue weighted by Gasteiger charge is 2.44. The Balaban J connectivity index is 2.49. The quantitative estimate of drug-likeness (QED) is 0.758. The molecular weight excluding hydrogens is 208 g/mol. The van der Waals surface area contributed by atoms with Crippen LogP contribution >= 0.6 is 11.6 Å². The van der Waals surface area contributed by atoms with Crippen molar-refractivity contribution < 1.29 is 8.78 Å². The second-order valence-corrected chi connectivity index (χ2v) is 4.14. The molecule has 0 unspecified atom stereocenters. The zero-order chi connectivity index (χ0) is 10.3. The van der Waals surface area contributed by atoms with E-state index in [0.717, 1.165) is 25.0 Å². The van der Waals surface area contributed by atoms with Crippen LogP contribution in [0.1, 0.15) is 18.4 Å². The highest BCUT2D eigenvalue weighted by Crippen LogP contribution is 2.49. The molecule has 76 valence electrons. The molecule has 1 aliphatic carbocycles. The third-order valence-electron chi connectivity index (χ3n) is 2.83. The van der Waals surface area contributed by atoms with Crippen molar-refractivity contribution >= 4 is 11.6 Å². The zero-order valence-electron chi connectivity index (χ0n) is 7.49. The predicted octanol–water partition coefficient (Wildman–Crippen LogP) is 2.61. The van der Waals surface area contributed by atoms with E-state index in [0.29, 0.717) is 12.1 Å². The van der Waals surface area contributed by atoms with Crippen molar-refractivity contribution in [3.05, 3.63) is 34.4 Å². The van der Waals surface area contributed by atoms with Crippen LogP contribution in [0.4, 0.5) is 8.78 Å². The van der Waals surface area contributed by atoms with Crippen molar-refractivity contribution in [3.63, 3.8) is 0 Å². The van der Waals surface area contributed by atoms with Gasteiger partial charge in [0.25, 0.3) is 0 Å². The van der Waals surface area contributed by atoms with Crippen LogP contribution in [-0.4, -0.2) is 6.54 Å². The maximum atomic E-state index is 13.0. The molecule has 1 saturated carbocycles. The van der Waals surface area contributed by atoms with Gasteiger partial charge in [0.1, 0.15) is 0 Å². The topological polar surface area (TPSA) is 26.0 Å². The molecule has 0 amide bonds. The van der Waals surface area contributed by atoms with Crippen LogP contribution < -0.4 is 5.73 Å². The fourth-order valence-electron chi connectivity index (χ4n) is 1.66. The zero-order valence-corrected chi connectivity index (χ0v) is 8.24. The van der Waals surface area contributed by atoms with E-state index in [4.69, 9.17) is 17.3 Å². The Hall–Kier alpha value is -0.670. The summed E-state index contributed by atoms with van der Waals surface area (Å²) < 4.78 is 25.8. The van der Waals surface area contributed by atoms with E-state index in [9.17, 15) is 8.78 Å². The SMILES string of the molecule is NCC1(c2cc(F)c(F)cc2Cl)CC1. The summed E-state index contributed by atoms with van der Waals surface area (Å²) in [6, 6.07) is 2.18. The standard InChI is InChI=1S/C10H10ClF2N/c11-7-4-9(13)8(12)3-6(7)10(5-14)1-2-10/h3-4H,1-2,5,14H2. The second-order valence-electron chi connectivity index (χ2n) is 3.73. The molecule has 0 aromatic heterocycles. The van der Waals surface area contributed by atoms with Crippen molar-refractivity contribution in [1.29, 1.82) is 0 Å². The van der Waals surface area contributed by atoms with Gasteiger partial charge in [0.15, 0.2) is 11.6 Å². The lowest BCUT2D eigenvalue weighted by Crippen LogP contribution is -2.20. The van der Waals surface area contributed by atoms with Gasteiger partial charge >= 0.3 is 0 Å². The Bertz CT molecular complexity index is 375. The minimum Gasteiger partial charge on any atom is -0.330 e. The molecule has 1 nitrogen and oxygen atoms in total. The van der Waals surface area contributed by atoms with Gasteiger partial charge in [-0.25, -0.2) is 8.78 Å². The van der Waals surface area contributed by atoms with Crippen molar-refractivity contribution in [2.45, 2.75) is 18.3 Å². The Morgan fingerprint density at radius 2 is 1.86 bits per heavy atom. The Labute approximate surface area is 85.9 Å². The van der Waals surface area contributed by atoms with Crippen LogP contribution in [0.25, 0.3) is 0 Å². The van der Waals surface area contributed by atoms with Gasteiger partial charge in [-0.1, -0.05) is 11.6 Å². The van der Waals surface area contributed by atoms with Crippen LogP contribution in [-0.2, 0) is 5.41 Å². The van der Waals surface area contributed by atoms with Gasteiger partial charge in [-0.05, 0) is 30.5 Å². The first kappa shape index (κ1) is 9.87. The van der Waals surface area contributed by atoms with Crippen LogP contribution in [0, 0.1) is 11.6 Å². The normalized spacial score (nSPS) is 18.3. The Kier molecular flexibility index (Phi) is 2.24. The summed E-state index contributed by atoms with van der Waals surface area (Å²) in [5.74, 6) is -1.77. The fourth-order valence-corrected chi connectivity index (χ4v) is 2.01. The lowest BCUT2D eigenvalue weighted by atomic mass is 9.96. The Morgan fingerprint density at radius 1 is 1.29 bits per heavy atom. The summed E-state index contributed by atoms with van der Waals surface area (Å²) in [7, 11) is 0. The van der Waals surface area contributed by atoms with Gasteiger partial charge in [0.05, 0.1) is 0 Å². The fraction of sp³-hybridized carbons (Fsp3) is 0.400. The lowest BCUT2D eigenvalue weighted by Gasteiger charge is -2.14. The molecule has 0 aliphatic heterocycles. The second kappa shape index (κ2) is 3.17. The molecule has 2 rings (SSSR count). The van der Waals surface area contributed by atoms with Gasteiger partial charge in [-0.15, -0.1) is 0 Å². The summed E-state index contributed by atoms with van der Waals surface area (Å²) in [6.45, 7) is 0.428. The first-order valence-corrected chi connectivity index (χ1v) is 4.82. The van der Waals surface area contributed by atoms with Crippen LogP contribution in [0.5, 0.6) is 0 Å². The van der Waals surface area contributed by atoms with E-state index in [1.54, 1.807) is 0 Å². The summed E-state index contributed by atoms with van der Waals surface area (Å²) >= 11 is 5.84. The molecule has 1 fully saturated rings. The predicted molar refractivity (Wildman–Crippen MR) is 51.3 cm³/mol. The third-order valence-corrected chi connectivity index (χ3v) is 3.14. The average Bonchev–Trinajstić information content (AvgIpc) is 2.92. The van der Waals surface area contributed by atoms with Crippen LogP contribution in [0.3, 0.4) is 0 Å². The molecule has 0 spiro atoms. The maximum absolute atomic E-state index is 13.0.